The predicted octanol–water partition coefficient (Wildman–Crippen LogP) is 2.49. The number of hydrogen-bond donors (Lipinski definition) is 2. The molecule has 0 aliphatic carbocycles. The summed E-state index contributed by atoms with van der Waals surface area (Å²) in [5.74, 6) is -0.459. The summed E-state index contributed by atoms with van der Waals surface area (Å²) in [7, 11) is 3.87. The van der Waals surface area contributed by atoms with Crippen LogP contribution >= 0.6 is 0 Å². The Bertz CT molecular complexity index is 1020. The number of pyridine rings is 1. The number of nitrogens with zero attached hydrogens (tertiary/aromatic N) is 3. The van der Waals surface area contributed by atoms with Crippen molar-refractivity contribution in [1.82, 2.24) is 19.6 Å². The summed E-state index contributed by atoms with van der Waals surface area (Å²) < 4.78 is 1.64. The maximum Gasteiger partial charge on any atom is 0.287 e. The molecule has 0 aliphatic rings. The quantitative estimate of drug-likeness (QED) is 0.690. The Labute approximate surface area is 164 Å². The Kier molecular flexibility index (Phi) is 5.75. The van der Waals surface area contributed by atoms with Crippen LogP contribution in [0.15, 0.2) is 42.6 Å². The molecule has 3 rings (SSSR count). The summed E-state index contributed by atoms with van der Waals surface area (Å²) in [6.45, 7) is 5.17. The van der Waals surface area contributed by atoms with Crippen molar-refractivity contribution in [3.05, 3.63) is 65.2 Å². The summed E-state index contributed by atoms with van der Waals surface area (Å²) in [6.07, 6.45) is 1.73. The van der Waals surface area contributed by atoms with Gasteiger partial charge in [-0.3, -0.25) is 14.0 Å². The van der Waals surface area contributed by atoms with Gasteiger partial charge in [0.25, 0.3) is 11.8 Å². The molecule has 1 aromatic carbocycles. The van der Waals surface area contributed by atoms with Gasteiger partial charge in [-0.25, -0.2) is 4.98 Å². The average Bonchev–Trinajstić information content (AvgIpc) is 3.05. The largest absolute Gasteiger partial charge is 0.348 e. The van der Waals surface area contributed by atoms with Gasteiger partial charge in [-0.2, -0.15) is 0 Å². The van der Waals surface area contributed by atoms with Crippen LogP contribution in [0.2, 0.25) is 0 Å². The number of aromatic nitrogens is 2. The van der Waals surface area contributed by atoms with Crippen molar-refractivity contribution >= 4 is 23.0 Å². The minimum atomic E-state index is -0.343. The van der Waals surface area contributed by atoms with E-state index in [2.05, 4.69) is 15.6 Å². The third kappa shape index (κ3) is 4.04. The third-order valence-electron chi connectivity index (χ3n) is 4.66. The highest BCUT2D eigenvalue weighted by Crippen LogP contribution is 2.20. The molecular weight excluding hydrogens is 354 g/mol. The van der Waals surface area contributed by atoms with Crippen LogP contribution < -0.4 is 10.6 Å². The molecule has 28 heavy (non-hydrogen) atoms. The average molecular weight is 379 g/mol. The molecular formula is C21H25N5O2. The summed E-state index contributed by atoms with van der Waals surface area (Å²) in [5.41, 5.74) is 3.64. The lowest BCUT2D eigenvalue weighted by Crippen LogP contribution is -2.32. The number of aryl methyl sites for hydroxylation is 1. The number of fused-ring (bicyclic) bond motifs is 1. The monoisotopic (exact) mass is 379 g/mol. The van der Waals surface area contributed by atoms with E-state index in [1.54, 1.807) is 22.7 Å². The normalized spacial score (nSPS) is 11.0. The molecule has 0 atom stereocenters. The van der Waals surface area contributed by atoms with E-state index in [0.717, 1.165) is 23.4 Å². The molecule has 0 aliphatic heterocycles. The zero-order valence-corrected chi connectivity index (χ0v) is 16.6. The number of amides is 2. The molecule has 3 aromatic rings. The zero-order valence-electron chi connectivity index (χ0n) is 16.6. The molecule has 2 aromatic heterocycles. The molecule has 0 fully saturated rings. The highest BCUT2D eigenvalue weighted by molar-refractivity contribution is 6.09. The molecule has 2 amide bonds. The van der Waals surface area contributed by atoms with E-state index in [1.165, 1.54) is 0 Å². The first-order valence-corrected chi connectivity index (χ1v) is 9.16. The number of likely N-dealkylation sites (N-methyl/N-ethyl adjacent to an activating group) is 1. The number of anilines is 1. The lowest BCUT2D eigenvalue weighted by atomic mass is 10.1. The van der Waals surface area contributed by atoms with Gasteiger partial charge in [0, 0.05) is 25.0 Å². The number of hydrogen-bond acceptors (Lipinski definition) is 4. The van der Waals surface area contributed by atoms with Crippen LogP contribution in [0.5, 0.6) is 0 Å². The zero-order chi connectivity index (χ0) is 20.3. The molecule has 0 bridgehead atoms. The second-order valence-electron chi connectivity index (χ2n) is 7.00. The van der Waals surface area contributed by atoms with Gasteiger partial charge in [0.1, 0.15) is 0 Å². The highest BCUT2D eigenvalue weighted by Gasteiger charge is 2.21. The van der Waals surface area contributed by atoms with Gasteiger partial charge in [-0.15, -0.1) is 0 Å². The van der Waals surface area contributed by atoms with Crippen LogP contribution in [-0.4, -0.2) is 53.3 Å². The lowest BCUT2D eigenvalue weighted by Gasteiger charge is -2.09. The van der Waals surface area contributed by atoms with Crippen molar-refractivity contribution in [3.63, 3.8) is 0 Å². The van der Waals surface area contributed by atoms with E-state index in [4.69, 9.17) is 0 Å². The predicted molar refractivity (Wildman–Crippen MR) is 110 cm³/mol. The maximum absolute atomic E-state index is 12.9. The number of imidazole rings is 1. The van der Waals surface area contributed by atoms with Gasteiger partial charge < -0.3 is 15.5 Å². The lowest BCUT2D eigenvalue weighted by molar-refractivity contribution is 0.0940. The Morgan fingerprint density at radius 3 is 2.61 bits per heavy atom. The van der Waals surface area contributed by atoms with E-state index in [-0.39, 0.29) is 23.3 Å². The van der Waals surface area contributed by atoms with E-state index < -0.39 is 0 Å². The first-order valence-electron chi connectivity index (χ1n) is 9.16. The number of carbonyl (C=O) groups is 2. The van der Waals surface area contributed by atoms with Crippen LogP contribution in [0.4, 0.5) is 5.69 Å². The number of rotatable bonds is 6. The summed E-state index contributed by atoms with van der Waals surface area (Å²) in [4.78, 5) is 31.8. The standard InChI is InChI=1S/C21H25N5O2/c1-14-8-7-9-16(15(14)2)23-20(27)18-17-10-5-6-12-26(17)19(24-18)21(28)22-11-13-25(3)4/h5-10,12H,11,13H2,1-4H3,(H,22,28)(H,23,27). The molecule has 0 saturated carbocycles. The Morgan fingerprint density at radius 2 is 1.86 bits per heavy atom. The van der Waals surface area contributed by atoms with Gasteiger partial charge in [0.2, 0.25) is 5.82 Å². The first-order chi connectivity index (χ1) is 13.4. The molecule has 7 nitrogen and oxygen atoms in total. The first kappa shape index (κ1) is 19.6. The van der Waals surface area contributed by atoms with Crippen LogP contribution in [0.3, 0.4) is 0 Å². The van der Waals surface area contributed by atoms with Crippen LogP contribution in [0, 0.1) is 13.8 Å². The smallest absolute Gasteiger partial charge is 0.287 e. The topological polar surface area (TPSA) is 78.7 Å². The molecule has 146 valence electrons. The van der Waals surface area contributed by atoms with Crippen LogP contribution in [0.1, 0.15) is 32.2 Å². The van der Waals surface area contributed by atoms with Crippen molar-refractivity contribution < 1.29 is 9.59 Å². The fourth-order valence-electron chi connectivity index (χ4n) is 2.91. The van der Waals surface area contributed by atoms with Crippen LogP contribution in [-0.2, 0) is 0 Å². The second kappa shape index (κ2) is 8.22. The van der Waals surface area contributed by atoms with Crippen molar-refractivity contribution in [2.45, 2.75) is 13.8 Å². The molecule has 2 heterocycles. The second-order valence-corrected chi connectivity index (χ2v) is 7.00. The van der Waals surface area contributed by atoms with Crippen molar-refractivity contribution in [2.24, 2.45) is 0 Å². The van der Waals surface area contributed by atoms with E-state index in [1.807, 2.05) is 57.1 Å². The maximum atomic E-state index is 12.9. The highest BCUT2D eigenvalue weighted by atomic mass is 16.2. The molecule has 0 saturated heterocycles. The van der Waals surface area contributed by atoms with Crippen molar-refractivity contribution in [2.75, 3.05) is 32.5 Å². The summed E-state index contributed by atoms with van der Waals surface area (Å²) in [6, 6.07) is 11.1. The Morgan fingerprint density at radius 1 is 1.07 bits per heavy atom. The SMILES string of the molecule is Cc1cccc(NC(=O)c2nc(C(=O)NCCN(C)C)n3ccccc23)c1C. The molecule has 0 radical (unpaired) electrons. The van der Waals surface area contributed by atoms with E-state index in [9.17, 15) is 9.59 Å². The Hall–Kier alpha value is -3.19. The van der Waals surface area contributed by atoms with Crippen molar-refractivity contribution in [1.29, 1.82) is 0 Å². The fourth-order valence-corrected chi connectivity index (χ4v) is 2.91. The fraction of sp³-hybridized carbons (Fsp3) is 0.286. The molecule has 0 spiro atoms. The van der Waals surface area contributed by atoms with E-state index in [0.29, 0.717) is 12.1 Å². The number of carbonyl (C=O) groups excluding carboxylic acids is 2. The van der Waals surface area contributed by atoms with Gasteiger partial charge in [-0.1, -0.05) is 18.2 Å². The molecule has 2 N–H and O–H groups in total. The molecule has 7 heteroatoms. The minimum Gasteiger partial charge on any atom is -0.348 e. The number of benzene rings is 1. The summed E-state index contributed by atoms with van der Waals surface area (Å²) >= 11 is 0. The van der Waals surface area contributed by atoms with Gasteiger partial charge in [0.05, 0.1) is 5.52 Å². The van der Waals surface area contributed by atoms with Gasteiger partial charge in [0.15, 0.2) is 5.69 Å². The van der Waals surface area contributed by atoms with Crippen molar-refractivity contribution in [3.8, 4) is 0 Å². The van der Waals surface area contributed by atoms with E-state index >= 15 is 0 Å². The third-order valence-corrected chi connectivity index (χ3v) is 4.66. The van der Waals surface area contributed by atoms with Gasteiger partial charge >= 0.3 is 0 Å². The minimum absolute atomic E-state index is 0.195. The summed E-state index contributed by atoms with van der Waals surface area (Å²) in [5, 5.41) is 5.76. The molecule has 0 unspecified atom stereocenters. The Balaban J connectivity index is 1.90. The number of nitrogens with one attached hydrogen (secondary N) is 2. The van der Waals surface area contributed by atoms with Gasteiger partial charge in [-0.05, 0) is 57.3 Å². The van der Waals surface area contributed by atoms with Crippen LogP contribution in [0.25, 0.3) is 5.52 Å².